The number of hydrogen-bond acceptors (Lipinski definition) is 3. The molecule has 1 aliphatic rings. The van der Waals surface area contributed by atoms with Crippen LogP contribution >= 0.6 is 15.9 Å². The molecule has 5 heteroatoms. The molecule has 27 heavy (non-hydrogen) atoms. The minimum absolute atomic E-state index is 0.0539. The number of ether oxygens (including phenoxy) is 2. The van der Waals surface area contributed by atoms with E-state index >= 15 is 0 Å². The van der Waals surface area contributed by atoms with Crippen LogP contribution in [0.15, 0.2) is 46.9 Å². The molecule has 0 bridgehead atoms. The highest BCUT2D eigenvalue weighted by atomic mass is 79.9. The zero-order valence-corrected chi connectivity index (χ0v) is 17.5. The maximum absolute atomic E-state index is 13.1. The van der Waals surface area contributed by atoms with E-state index in [-0.39, 0.29) is 5.91 Å². The first-order chi connectivity index (χ1) is 13.0. The van der Waals surface area contributed by atoms with E-state index in [1.54, 1.807) is 0 Å². The largest absolute Gasteiger partial charge is 0.491 e. The number of rotatable bonds is 6. The number of para-hydroxylation sites is 1. The zero-order valence-electron chi connectivity index (χ0n) is 15.9. The first-order valence-electron chi connectivity index (χ1n) is 9.34. The summed E-state index contributed by atoms with van der Waals surface area (Å²) in [7, 11) is 0. The van der Waals surface area contributed by atoms with Crippen molar-refractivity contribution in [1.29, 1.82) is 0 Å². The van der Waals surface area contributed by atoms with E-state index in [9.17, 15) is 4.79 Å². The van der Waals surface area contributed by atoms with Crippen LogP contribution in [-0.2, 0) is 14.9 Å². The zero-order chi connectivity index (χ0) is 19.3. The van der Waals surface area contributed by atoms with Gasteiger partial charge in [-0.05, 0) is 55.5 Å². The lowest BCUT2D eigenvalue weighted by atomic mass is 9.73. The molecule has 144 valence electrons. The van der Waals surface area contributed by atoms with E-state index in [4.69, 9.17) is 9.47 Å². The second-order valence-electron chi connectivity index (χ2n) is 7.03. The molecule has 2 aromatic rings. The van der Waals surface area contributed by atoms with Gasteiger partial charge in [-0.3, -0.25) is 4.79 Å². The van der Waals surface area contributed by atoms with Gasteiger partial charge in [0.05, 0.1) is 12.0 Å². The van der Waals surface area contributed by atoms with Gasteiger partial charge in [0.2, 0.25) is 5.91 Å². The Morgan fingerprint density at radius 3 is 2.37 bits per heavy atom. The number of halogens is 1. The number of amides is 1. The summed E-state index contributed by atoms with van der Waals surface area (Å²) < 4.78 is 12.4. The van der Waals surface area contributed by atoms with Gasteiger partial charge in [0, 0.05) is 17.7 Å². The van der Waals surface area contributed by atoms with Crippen LogP contribution in [0.1, 0.15) is 29.5 Å². The lowest BCUT2D eigenvalue weighted by Crippen LogP contribution is -2.48. The molecule has 1 fully saturated rings. The highest BCUT2D eigenvalue weighted by Crippen LogP contribution is 2.35. The van der Waals surface area contributed by atoms with E-state index in [0.29, 0.717) is 39.2 Å². The van der Waals surface area contributed by atoms with Gasteiger partial charge >= 0.3 is 0 Å². The maximum atomic E-state index is 13.1. The van der Waals surface area contributed by atoms with Gasteiger partial charge in [-0.2, -0.15) is 0 Å². The minimum Gasteiger partial charge on any atom is -0.491 e. The van der Waals surface area contributed by atoms with Gasteiger partial charge in [0.1, 0.15) is 12.4 Å². The van der Waals surface area contributed by atoms with Crippen molar-refractivity contribution in [2.75, 3.05) is 26.4 Å². The molecule has 1 heterocycles. The molecule has 0 atom stereocenters. The van der Waals surface area contributed by atoms with Gasteiger partial charge < -0.3 is 14.8 Å². The smallest absolute Gasteiger partial charge is 0.230 e. The van der Waals surface area contributed by atoms with E-state index in [1.807, 2.05) is 56.3 Å². The molecule has 0 radical (unpaired) electrons. The number of hydrogen-bond donors (Lipinski definition) is 1. The van der Waals surface area contributed by atoms with E-state index in [2.05, 4.69) is 21.2 Å². The summed E-state index contributed by atoms with van der Waals surface area (Å²) in [5.41, 5.74) is 2.73. The first kappa shape index (κ1) is 19.9. The van der Waals surface area contributed by atoms with Crippen LogP contribution < -0.4 is 10.1 Å². The fourth-order valence-electron chi connectivity index (χ4n) is 3.65. The molecule has 0 spiro atoms. The molecule has 1 aliphatic heterocycles. The average Bonchev–Trinajstić information content (AvgIpc) is 2.68. The topological polar surface area (TPSA) is 47.6 Å². The summed E-state index contributed by atoms with van der Waals surface area (Å²) in [6.45, 7) is 6.19. The standard InChI is InChI=1S/C22H26BrNO3/c1-16-4-3-5-17(2)20(16)27-15-12-24-21(25)22(10-13-26-14-11-22)18-6-8-19(23)9-7-18/h3-9H,10-15H2,1-2H3,(H,24,25). The number of aryl methyl sites for hydroxylation is 2. The normalized spacial score (nSPS) is 16.0. The third kappa shape index (κ3) is 4.53. The van der Waals surface area contributed by atoms with Crippen LogP contribution in [-0.4, -0.2) is 32.3 Å². The molecular formula is C22H26BrNO3. The van der Waals surface area contributed by atoms with Crippen molar-refractivity contribution in [2.45, 2.75) is 32.1 Å². The molecule has 2 aromatic carbocycles. The Hall–Kier alpha value is -1.85. The Morgan fingerprint density at radius 2 is 1.74 bits per heavy atom. The summed E-state index contributed by atoms with van der Waals surface area (Å²) >= 11 is 3.47. The highest BCUT2D eigenvalue weighted by Gasteiger charge is 2.41. The molecule has 0 unspecified atom stereocenters. The van der Waals surface area contributed by atoms with Crippen molar-refractivity contribution < 1.29 is 14.3 Å². The van der Waals surface area contributed by atoms with Crippen LogP contribution in [0.4, 0.5) is 0 Å². The van der Waals surface area contributed by atoms with Gasteiger partial charge in [-0.25, -0.2) is 0 Å². The molecule has 4 nitrogen and oxygen atoms in total. The molecule has 1 saturated heterocycles. The van der Waals surface area contributed by atoms with Crippen molar-refractivity contribution in [1.82, 2.24) is 5.32 Å². The van der Waals surface area contributed by atoms with Gasteiger partial charge in [-0.1, -0.05) is 46.3 Å². The SMILES string of the molecule is Cc1cccc(C)c1OCCNC(=O)C1(c2ccc(Br)cc2)CCOCC1. The number of carbonyl (C=O) groups is 1. The van der Waals surface area contributed by atoms with Gasteiger partial charge in [0.25, 0.3) is 0 Å². The summed E-state index contributed by atoms with van der Waals surface area (Å²) in [6, 6.07) is 14.1. The van der Waals surface area contributed by atoms with Gasteiger partial charge in [-0.15, -0.1) is 0 Å². The Balaban J connectivity index is 1.64. The third-order valence-electron chi connectivity index (χ3n) is 5.22. The lowest BCUT2D eigenvalue weighted by Gasteiger charge is -2.36. The summed E-state index contributed by atoms with van der Waals surface area (Å²) in [5, 5.41) is 3.08. The van der Waals surface area contributed by atoms with E-state index < -0.39 is 5.41 Å². The predicted octanol–water partition coefficient (Wildman–Crippen LogP) is 4.31. The van der Waals surface area contributed by atoms with Crippen molar-refractivity contribution in [3.8, 4) is 5.75 Å². The average molecular weight is 432 g/mol. The van der Waals surface area contributed by atoms with Crippen LogP contribution in [0, 0.1) is 13.8 Å². The number of carbonyl (C=O) groups excluding carboxylic acids is 1. The highest BCUT2D eigenvalue weighted by molar-refractivity contribution is 9.10. The Kier molecular flexibility index (Phi) is 6.55. The predicted molar refractivity (Wildman–Crippen MR) is 110 cm³/mol. The molecule has 0 aromatic heterocycles. The Morgan fingerprint density at radius 1 is 1.11 bits per heavy atom. The maximum Gasteiger partial charge on any atom is 0.230 e. The Labute approximate surface area is 169 Å². The molecular weight excluding hydrogens is 406 g/mol. The molecule has 0 aliphatic carbocycles. The number of nitrogens with one attached hydrogen (secondary N) is 1. The van der Waals surface area contributed by atoms with Crippen molar-refractivity contribution in [3.63, 3.8) is 0 Å². The fraction of sp³-hybridized carbons (Fsp3) is 0.409. The van der Waals surface area contributed by atoms with Crippen LogP contribution in [0.5, 0.6) is 5.75 Å². The minimum atomic E-state index is -0.530. The van der Waals surface area contributed by atoms with Crippen LogP contribution in [0.25, 0.3) is 0 Å². The second kappa shape index (κ2) is 8.89. The Bertz CT molecular complexity index is 762. The van der Waals surface area contributed by atoms with Crippen LogP contribution in [0.3, 0.4) is 0 Å². The van der Waals surface area contributed by atoms with Crippen molar-refractivity contribution in [3.05, 3.63) is 63.6 Å². The molecule has 0 saturated carbocycles. The fourth-order valence-corrected chi connectivity index (χ4v) is 3.91. The summed E-state index contributed by atoms with van der Waals surface area (Å²) in [5.74, 6) is 0.957. The van der Waals surface area contributed by atoms with E-state index in [1.165, 1.54) is 0 Å². The third-order valence-corrected chi connectivity index (χ3v) is 5.75. The summed E-state index contributed by atoms with van der Waals surface area (Å²) in [4.78, 5) is 13.1. The second-order valence-corrected chi connectivity index (χ2v) is 7.94. The van der Waals surface area contributed by atoms with Gasteiger partial charge in [0.15, 0.2) is 0 Å². The number of benzene rings is 2. The monoisotopic (exact) mass is 431 g/mol. The van der Waals surface area contributed by atoms with Crippen LogP contribution in [0.2, 0.25) is 0 Å². The first-order valence-corrected chi connectivity index (χ1v) is 10.1. The molecule has 1 amide bonds. The summed E-state index contributed by atoms with van der Waals surface area (Å²) in [6.07, 6.45) is 1.39. The molecule has 1 N–H and O–H groups in total. The molecule has 3 rings (SSSR count). The van der Waals surface area contributed by atoms with Crippen molar-refractivity contribution in [2.24, 2.45) is 0 Å². The lowest BCUT2D eigenvalue weighted by molar-refractivity contribution is -0.130. The van der Waals surface area contributed by atoms with Crippen molar-refractivity contribution >= 4 is 21.8 Å². The quantitative estimate of drug-likeness (QED) is 0.693. The van der Waals surface area contributed by atoms with E-state index in [0.717, 1.165) is 26.9 Å².